The number of hydrogen-bond acceptors (Lipinski definition) is 12. The summed E-state index contributed by atoms with van der Waals surface area (Å²) in [5.74, 6) is -6.63. The third-order valence-electron chi connectivity index (χ3n) is 16.3. The number of aliphatic carboxylic acids is 1. The van der Waals surface area contributed by atoms with E-state index in [4.69, 9.17) is 50.6 Å². The number of carboxylic acids is 1. The molecule has 5 heterocycles. The van der Waals surface area contributed by atoms with Crippen LogP contribution in [-0.4, -0.2) is 95.1 Å². The van der Waals surface area contributed by atoms with E-state index in [1.54, 1.807) is 73.1 Å². The number of halogens is 16. The molecule has 0 saturated heterocycles. The predicted octanol–water partition coefficient (Wildman–Crippen LogP) is 14.4. The van der Waals surface area contributed by atoms with Crippen LogP contribution >= 0.6 is 34.8 Å². The molecular formula is C75H58BrCl3F12MgN12O4. The molecule has 108 heavy (non-hydrogen) atoms. The van der Waals surface area contributed by atoms with Crippen molar-refractivity contribution < 1.29 is 84.4 Å². The largest absolute Gasteiger partial charge is 2.00 e. The number of Topliss-reactive ketones (excluding diaryl/α,β-unsaturated/α-hetero) is 1. The first kappa shape index (κ1) is 85.5. The number of ketones is 1. The molecule has 0 radical (unpaired) electrons. The zero-order chi connectivity index (χ0) is 76.6. The average Bonchev–Trinajstić information content (AvgIpc) is 1.63. The normalized spacial score (nSPS) is 12.3. The number of alkyl halides is 6. The molecular weight excluding hydrogens is 1570 g/mol. The van der Waals surface area contributed by atoms with Crippen LogP contribution in [0.2, 0.25) is 15.1 Å². The van der Waals surface area contributed by atoms with E-state index < -0.39 is 95.0 Å². The van der Waals surface area contributed by atoms with Gasteiger partial charge in [-0.15, -0.1) is 12.1 Å². The number of H-pyrrole nitrogens is 1. The Bertz CT molecular complexity index is 4990. The Balaban J connectivity index is 0.000000205. The van der Waals surface area contributed by atoms with Gasteiger partial charge in [0.2, 0.25) is 0 Å². The van der Waals surface area contributed by atoms with E-state index in [0.29, 0.717) is 105 Å². The number of aromatic amines is 1. The van der Waals surface area contributed by atoms with Gasteiger partial charge < -0.3 is 32.5 Å². The molecule has 2 aliphatic carbocycles. The number of carboxylic acid groups (broad SMARTS) is 1. The van der Waals surface area contributed by atoms with Crippen LogP contribution in [0.15, 0.2) is 164 Å². The molecule has 3 N–H and O–H groups in total. The number of fused-ring (bicyclic) bond motifs is 2. The molecule has 0 saturated carbocycles. The van der Waals surface area contributed by atoms with Crippen LogP contribution in [-0.2, 0) is 73.6 Å². The second-order valence-corrected chi connectivity index (χ2v) is 25.3. The molecule has 16 nitrogen and oxygen atoms in total. The van der Waals surface area contributed by atoms with Crippen molar-refractivity contribution in [3.8, 4) is 39.4 Å². The number of nitriles is 1. The molecule has 1 atom stereocenters. The van der Waals surface area contributed by atoms with Gasteiger partial charge in [0.05, 0.1) is 47.2 Å². The van der Waals surface area contributed by atoms with Crippen LogP contribution in [0.4, 0.5) is 52.7 Å². The first-order valence-electron chi connectivity index (χ1n) is 32.1. The maximum atomic E-state index is 14.0. The standard InChI is InChI=1S/C29H24ClF5N4O2.C18H12ClF2N3.C11H6ClN3.C10H11F3N2O2.C7H5F2.BrH.Mg/c30-19-7-5-17(6-8-19)25-26(36-15-37-28(25)41)18(9-16-10-20(31)13-21(32)11-16)12-22(40)14-39-24-4-2-1-3-23(24)27(38-39)29(33,34)35;19-13-3-1-12(2-4-13)16-9-23-10-24-18(16)17(22)7-11-5-14(20)8-15(21)6-11;12-9-3-1-8(2-4-9)10-6-14-7-15-11(10)5-13;11-10(12,13)9-6-3-1-2-4-7(6)15(14-9)5-8(16)17;1-5-2-6(8)4-7(9)3-5;;/h5-8,10-11,13,15,18H,1-4,9,12,14H2,(H,36,37,41);1-6,8-10,22H,7H2;1-4,6-7H;1-5H2,(H,16,17);2-4H,1H2;1H;/q;;;;-1;;+2/p-1. The number of rotatable bonds is 15. The zero-order valence-corrected chi connectivity index (χ0v) is 61.7. The van der Waals surface area contributed by atoms with E-state index in [1.165, 1.54) is 43.2 Å². The van der Waals surface area contributed by atoms with Crippen LogP contribution in [0.25, 0.3) is 33.4 Å². The van der Waals surface area contributed by atoms with E-state index >= 15 is 0 Å². The van der Waals surface area contributed by atoms with Crippen molar-refractivity contribution in [3.63, 3.8) is 0 Å². The predicted molar refractivity (Wildman–Crippen MR) is 376 cm³/mol. The second-order valence-electron chi connectivity index (χ2n) is 24.0. The van der Waals surface area contributed by atoms with Gasteiger partial charge in [-0.05, 0) is 152 Å². The Hall–Kier alpha value is -9.77. The third-order valence-corrected chi connectivity index (χ3v) is 17.1. The van der Waals surface area contributed by atoms with Gasteiger partial charge in [0.1, 0.15) is 48.5 Å². The maximum Gasteiger partial charge on any atom is 2.00 e. The summed E-state index contributed by atoms with van der Waals surface area (Å²) in [4.78, 5) is 59.8. The van der Waals surface area contributed by atoms with Gasteiger partial charge in [0.25, 0.3) is 5.56 Å². The van der Waals surface area contributed by atoms with Gasteiger partial charge in [0.15, 0.2) is 22.9 Å². The Morgan fingerprint density at radius 3 is 1.49 bits per heavy atom. The molecule has 0 spiro atoms. The van der Waals surface area contributed by atoms with Crippen molar-refractivity contribution in [1.82, 2.24) is 49.5 Å². The molecule has 0 bridgehead atoms. The van der Waals surface area contributed by atoms with Crippen molar-refractivity contribution in [2.24, 2.45) is 0 Å². The third kappa shape index (κ3) is 23.6. The van der Waals surface area contributed by atoms with Gasteiger partial charge in [-0.3, -0.25) is 23.7 Å². The number of carbonyl (C=O) groups is 2. The average molecular weight is 1630 g/mol. The molecule has 5 aromatic heterocycles. The summed E-state index contributed by atoms with van der Waals surface area (Å²) in [5, 5.41) is 34.7. The van der Waals surface area contributed by atoms with E-state index in [-0.39, 0.29) is 99.4 Å². The summed E-state index contributed by atoms with van der Waals surface area (Å²) < 4.78 is 160. The SMILES string of the molecule is N#Cc1ncncc1-c1ccc(Cl)cc1.N=C(Cc1cc(F)cc(F)c1)c1ncncc1-c1ccc(Cl)cc1.O=C(CC(Cc1cc(F)cc(F)c1)c1nc[nH]c(=O)c1-c1ccc(Cl)cc1)Cn1nc(C(F)(F)F)c2c1CCCC2.O=C(O)Cn1nc(C(F)(F)F)c2c1CCCC2.[Br-].[CH2-]c1cc(F)cc(F)c1.[Mg+2]. The summed E-state index contributed by atoms with van der Waals surface area (Å²) in [6.45, 7) is 2.42. The fraction of sp³-hybridized carbons (Fsp3) is 0.213. The minimum Gasteiger partial charge on any atom is -1.00 e. The minimum atomic E-state index is -4.65. The number of aromatic nitrogens is 10. The monoisotopic (exact) mass is 1630 g/mol. The summed E-state index contributed by atoms with van der Waals surface area (Å²) in [7, 11) is 0. The smallest absolute Gasteiger partial charge is 1.00 e. The number of carbonyl (C=O) groups excluding carboxylic acids is 1. The van der Waals surface area contributed by atoms with Crippen molar-refractivity contribution in [1.29, 1.82) is 10.7 Å². The number of nitrogens with one attached hydrogen (secondary N) is 2. The van der Waals surface area contributed by atoms with Crippen LogP contribution in [0.1, 0.15) is 106 Å². The molecule has 2 aliphatic rings. The van der Waals surface area contributed by atoms with Gasteiger partial charge in [-0.25, -0.2) is 51.3 Å². The summed E-state index contributed by atoms with van der Waals surface area (Å²) in [6.07, 6.45) is 1.78. The van der Waals surface area contributed by atoms with Crippen LogP contribution < -0.4 is 22.5 Å². The minimum absolute atomic E-state index is 0. The topological polar surface area (TPSA) is 235 Å². The number of nitrogens with zero attached hydrogens (tertiary/aromatic N) is 10. The van der Waals surface area contributed by atoms with E-state index in [9.17, 15) is 67.1 Å². The first-order chi connectivity index (χ1) is 50.4. The number of benzene rings is 6. The van der Waals surface area contributed by atoms with E-state index in [0.717, 1.165) is 56.7 Å². The van der Waals surface area contributed by atoms with Gasteiger partial charge in [-0.1, -0.05) is 71.2 Å². The Morgan fingerprint density at radius 1 is 0.602 bits per heavy atom. The quantitative estimate of drug-likeness (QED) is 0.0376. The van der Waals surface area contributed by atoms with Crippen molar-refractivity contribution >= 4 is 75.3 Å². The van der Waals surface area contributed by atoms with Crippen LogP contribution in [0.3, 0.4) is 0 Å². The van der Waals surface area contributed by atoms with Gasteiger partial charge in [0, 0.05) is 92.0 Å². The molecule has 0 amide bonds. The zero-order valence-electron chi connectivity index (χ0n) is 56.4. The fourth-order valence-corrected chi connectivity index (χ4v) is 12.3. The molecule has 556 valence electrons. The van der Waals surface area contributed by atoms with Gasteiger partial charge in [-0.2, -0.15) is 54.3 Å². The number of hydrogen-bond donors (Lipinski definition) is 3. The maximum absolute atomic E-state index is 14.0. The van der Waals surface area contributed by atoms with E-state index in [1.807, 2.05) is 18.2 Å². The molecule has 33 heteroatoms. The summed E-state index contributed by atoms with van der Waals surface area (Å²) >= 11 is 17.7. The molecule has 0 fully saturated rings. The van der Waals surface area contributed by atoms with Gasteiger partial charge >= 0.3 is 41.4 Å². The van der Waals surface area contributed by atoms with Crippen LogP contribution in [0, 0.1) is 58.6 Å². The molecule has 11 aromatic rings. The Morgan fingerprint density at radius 2 is 1.03 bits per heavy atom. The molecule has 0 aliphatic heterocycles. The molecule has 6 aromatic carbocycles. The fourth-order valence-electron chi connectivity index (χ4n) is 11.9. The molecule has 1 unspecified atom stereocenters. The van der Waals surface area contributed by atoms with E-state index in [2.05, 4.69) is 47.0 Å². The Kier molecular flexibility index (Phi) is 30.7. The van der Waals surface area contributed by atoms with Crippen molar-refractivity contribution in [2.75, 3.05) is 0 Å². The summed E-state index contributed by atoms with van der Waals surface area (Å²) in [6, 6.07) is 32.0. The van der Waals surface area contributed by atoms with Crippen molar-refractivity contribution in [2.45, 2.75) is 102 Å². The second kappa shape index (κ2) is 38.9. The van der Waals surface area contributed by atoms with Crippen LogP contribution in [0.5, 0.6) is 0 Å². The first-order valence-corrected chi connectivity index (χ1v) is 33.2. The Labute approximate surface area is 650 Å². The molecule has 13 rings (SSSR count). The summed E-state index contributed by atoms with van der Waals surface area (Å²) in [5.41, 5.74) is 4.45. The van der Waals surface area contributed by atoms with Crippen molar-refractivity contribution in [3.05, 3.63) is 294 Å².